The Labute approximate surface area is 166 Å². The molecular formula is C18H27IN4O2. The molecule has 2 N–H and O–H groups in total. The molecular weight excluding hydrogens is 431 g/mol. The van der Waals surface area contributed by atoms with E-state index in [1.54, 1.807) is 18.2 Å². The van der Waals surface area contributed by atoms with E-state index >= 15 is 0 Å². The lowest BCUT2D eigenvalue weighted by molar-refractivity contribution is -0.385. The molecule has 0 amide bonds. The van der Waals surface area contributed by atoms with Gasteiger partial charge >= 0.3 is 0 Å². The van der Waals surface area contributed by atoms with Gasteiger partial charge in [0.1, 0.15) is 0 Å². The van der Waals surface area contributed by atoms with Crippen molar-refractivity contribution in [3.8, 4) is 0 Å². The summed E-state index contributed by atoms with van der Waals surface area (Å²) in [7, 11) is 0. The fraction of sp³-hybridized carbons (Fsp3) is 0.500. The molecule has 0 aromatic heterocycles. The molecule has 138 valence electrons. The van der Waals surface area contributed by atoms with Gasteiger partial charge in [-0.2, -0.15) is 0 Å². The van der Waals surface area contributed by atoms with E-state index in [2.05, 4.69) is 21.7 Å². The van der Waals surface area contributed by atoms with Gasteiger partial charge in [-0.25, -0.2) is 4.99 Å². The highest BCUT2D eigenvalue weighted by Crippen LogP contribution is 2.20. The maximum atomic E-state index is 11.1. The Morgan fingerprint density at radius 1 is 1.28 bits per heavy atom. The smallest absolute Gasteiger partial charge is 0.274 e. The first-order valence-corrected chi connectivity index (χ1v) is 8.63. The second-order valence-corrected chi connectivity index (χ2v) is 5.87. The van der Waals surface area contributed by atoms with Crippen LogP contribution in [-0.2, 0) is 6.54 Å². The van der Waals surface area contributed by atoms with Crippen LogP contribution in [0.2, 0.25) is 0 Å². The molecule has 7 heteroatoms. The number of para-hydroxylation sites is 1. The normalized spacial score (nSPS) is 14.3. The summed E-state index contributed by atoms with van der Waals surface area (Å²) in [5.74, 6) is 0.701. The Morgan fingerprint density at radius 3 is 2.76 bits per heavy atom. The summed E-state index contributed by atoms with van der Waals surface area (Å²) in [5.41, 5.74) is 2.25. The number of nitro groups is 1. The zero-order valence-electron chi connectivity index (χ0n) is 14.7. The van der Waals surface area contributed by atoms with Crippen molar-refractivity contribution in [1.29, 1.82) is 0 Å². The van der Waals surface area contributed by atoms with E-state index in [9.17, 15) is 10.1 Å². The SMILES string of the molecule is CCNC(=NCc1ccccc1[N+](=O)[O-])NCCC1=CCCCC1.I. The molecule has 1 aliphatic rings. The summed E-state index contributed by atoms with van der Waals surface area (Å²) >= 11 is 0. The number of nitro benzene ring substituents is 1. The number of nitrogens with zero attached hydrogens (tertiary/aromatic N) is 2. The van der Waals surface area contributed by atoms with Gasteiger partial charge in [0.15, 0.2) is 5.96 Å². The van der Waals surface area contributed by atoms with Crippen molar-refractivity contribution >= 4 is 35.6 Å². The van der Waals surface area contributed by atoms with E-state index in [0.717, 1.165) is 19.5 Å². The number of benzene rings is 1. The van der Waals surface area contributed by atoms with Crippen molar-refractivity contribution in [1.82, 2.24) is 10.6 Å². The lowest BCUT2D eigenvalue weighted by Crippen LogP contribution is -2.37. The fourth-order valence-electron chi connectivity index (χ4n) is 2.80. The summed E-state index contributed by atoms with van der Waals surface area (Å²) in [4.78, 5) is 15.2. The number of halogens is 1. The maximum Gasteiger partial charge on any atom is 0.274 e. The summed E-state index contributed by atoms with van der Waals surface area (Å²) in [5, 5.41) is 17.6. The van der Waals surface area contributed by atoms with Crippen LogP contribution in [0.1, 0.15) is 44.6 Å². The fourth-order valence-corrected chi connectivity index (χ4v) is 2.80. The highest BCUT2D eigenvalue weighted by Gasteiger charge is 2.11. The van der Waals surface area contributed by atoms with Crippen LogP contribution in [0.25, 0.3) is 0 Å². The van der Waals surface area contributed by atoms with Crippen LogP contribution in [-0.4, -0.2) is 24.0 Å². The zero-order chi connectivity index (χ0) is 17.2. The number of aliphatic imine (C=N–C) groups is 1. The largest absolute Gasteiger partial charge is 0.357 e. The van der Waals surface area contributed by atoms with Crippen LogP contribution in [0.5, 0.6) is 0 Å². The number of guanidine groups is 1. The number of hydrogen-bond donors (Lipinski definition) is 2. The Bertz CT molecular complexity index is 617. The third-order valence-corrected chi connectivity index (χ3v) is 4.06. The standard InChI is InChI=1S/C18H26N4O2.HI/c1-2-19-18(20-13-12-15-8-4-3-5-9-15)21-14-16-10-6-7-11-17(16)22(23)24;/h6-8,10-11H,2-5,9,12-14H2,1H3,(H2,19,20,21);1H. The number of nitrogens with one attached hydrogen (secondary N) is 2. The van der Waals surface area contributed by atoms with Crippen LogP contribution >= 0.6 is 24.0 Å². The molecule has 0 bridgehead atoms. The maximum absolute atomic E-state index is 11.1. The minimum absolute atomic E-state index is 0. The molecule has 1 aliphatic carbocycles. The molecule has 1 aromatic rings. The van der Waals surface area contributed by atoms with Crippen molar-refractivity contribution in [2.45, 2.75) is 45.6 Å². The molecule has 0 heterocycles. The second-order valence-electron chi connectivity index (χ2n) is 5.87. The second kappa shape index (κ2) is 11.8. The van der Waals surface area contributed by atoms with Crippen LogP contribution in [0.3, 0.4) is 0 Å². The summed E-state index contributed by atoms with van der Waals surface area (Å²) in [6.07, 6.45) is 8.36. The van der Waals surface area contributed by atoms with Gasteiger partial charge in [0.25, 0.3) is 5.69 Å². The molecule has 25 heavy (non-hydrogen) atoms. The quantitative estimate of drug-likeness (QED) is 0.161. The number of rotatable bonds is 7. The summed E-state index contributed by atoms with van der Waals surface area (Å²) in [6.45, 7) is 3.88. The summed E-state index contributed by atoms with van der Waals surface area (Å²) < 4.78 is 0. The molecule has 0 atom stereocenters. The van der Waals surface area contributed by atoms with E-state index in [0.29, 0.717) is 11.5 Å². The van der Waals surface area contributed by atoms with Gasteiger partial charge in [-0.05, 0) is 39.0 Å². The van der Waals surface area contributed by atoms with Crippen molar-refractivity contribution in [3.05, 3.63) is 51.6 Å². The van der Waals surface area contributed by atoms with E-state index in [-0.39, 0.29) is 41.1 Å². The van der Waals surface area contributed by atoms with Crippen LogP contribution < -0.4 is 10.6 Å². The number of allylic oxidation sites excluding steroid dienone is 1. The van der Waals surface area contributed by atoms with Gasteiger partial charge in [-0.15, -0.1) is 24.0 Å². The first kappa shape index (κ1) is 21.4. The highest BCUT2D eigenvalue weighted by atomic mass is 127. The van der Waals surface area contributed by atoms with E-state index in [1.807, 2.05) is 6.92 Å². The Morgan fingerprint density at radius 2 is 2.08 bits per heavy atom. The average Bonchev–Trinajstić information content (AvgIpc) is 2.60. The highest BCUT2D eigenvalue weighted by molar-refractivity contribution is 14.0. The third-order valence-electron chi connectivity index (χ3n) is 4.06. The number of hydrogen-bond acceptors (Lipinski definition) is 3. The predicted molar refractivity (Wildman–Crippen MR) is 112 cm³/mol. The molecule has 0 fully saturated rings. The van der Waals surface area contributed by atoms with Gasteiger partial charge in [0, 0.05) is 19.2 Å². The van der Waals surface area contributed by atoms with Gasteiger partial charge in [0.05, 0.1) is 17.0 Å². The van der Waals surface area contributed by atoms with Crippen molar-refractivity contribution in [3.63, 3.8) is 0 Å². The van der Waals surface area contributed by atoms with E-state index in [1.165, 1.54) is 37.3 Å². The predicted octanol–water partition coefficient (Wildman–Crippen LogP) is 4.16. The van der Waals surface area contributed by atoms with Crippen molar-refractivity contribution in [2.24, 2.45) is 4.99 Å². The minimum atomic E-state index is -0.360. The third kappa shape index (κ3) is 7.41. The zero-order valence-corrected chi connectivity index (χ0v) is 17.0. The lowest BCUT2D eigenvalue weighted by atomic mass is 9.97. The van der Waals surface area contributed by atoms with Gasteiger partial charge in [-0.1, -0.05) is 29.8 Å². The van der Waals surface area contributed by atoms with E-state index < -0.39 is 0 Å². The molecule has 0 spiro atoms. The van der Waals surface area contributed by atoms with Gasteiger partial charge < -0.3 is 10.6 Å². The lowest BCUT2D eigenvalue weighted by Gasteiger charge is -2.15. The van der Waals surface area contributed by atoms with Crippen LogP contribution in [0, 0.1) is 10.1 Å². The molecule has 6 nitrogen and oxygen atoms in total. The van der Waals surface area contributed by atoms with E-state index in [4.69, 9.17) is 0 Å². The van der Waals surface area contributed by atoms with Crippen molar-refractivity contribution in [2.75, 3.05) is 13.1 Å². The Hall–Kier alpha value is -1.64. The Kier molecular flexibility index (Phi) is 10.1. The molecule has 0 saturated carbocycles. The Balaban J connectivity index is 0.00000312. The molecule has 0 unspecified atom stereocenters. The average molecular weight is 458 g/mol. The first-order valence-electron chi connectivity index (χ1n) is 8.63. The topological polar surface area (TPSA) is 79.6 Å². The van der Waals surface area contributed by atoms with Crippen molar-refractivity contribution < 1.29 is 4.92 Å². The molecule has 0 aliphatic heterocycles. The molecule has 2 rings (SSSR count). The summed E-state index contributed by atoms with van der Waals surface area (Å²) in [6, 6.07) is 6.74. The monoisotopic (exact) mass is 458 g/mol. The van der Waals surface area contributed by atoms with Gasteiger partial charge in [0.2, 0.25) is 0 Å². The first-order chi connectivity index (χ1) is 11.7. The minimum Gasteiger partial charge on any atom is -0.357 e. The van der Waals surface area contributed by atoms with Crippen LogP contribution in [0.15, 0.2) is 40.9 Å². The van der Waals surface area contributed by atoms with Gasteiger partial charge in [-0.3, -0.25) is 10.1 Å². The van der Waals surface area contributed by atoms with Crippen LogP contribution in [0.4, 0.5) is 5.69 Å². The molecule has 1 aromatic carbocycles. The molecule has 0 saturated heterocycles. The molecule has 0 radical (unpaired) electrons.